The van der Waals surface area contributed by atoms with E-state index in [1.165, 1.54) is 11.9 Å². The first-order chi connectivity index (χ1) is 6.45. The maximum atomic E-state index is 12.4. The highest BCUT2D eigenvalue weighted by Gasteiger charge is 2.42. The topological polar surface area (TPSA) is 41.6 Å². The normalized spacial score (nSPS) is 25.3. The van der Waals surface area contributed by atoms with Gasteiger partial charge in [0.15, 0.2) is 5.96 Å². The predicted octanol–water partition coefficient (Wildman–Crippen LogP) is 1.21. The van der Waals surface area contributed by atoms with Crippen molar-refractivity contribution in [2.24, 2.45) is 16.6 Å². The van der Waals surface area contributed by atoms with Crippen molar-refractivity contribution in [1.82, 2.24) is 4.90 Å². The van der Waals surface area contributed by atoms with Crippen LogP contribution in [0.4, 0.5) is 13.2 Å². The fourth-order valence-electron chi connectivity index (χ4n) is 1.59. The molecule has 14 heavy (non-hydrogen) atoms. The number of piperidine rings is 1. The lowest BCUT2D eigenvalue weighted by Gasteiger charge is -2.34. The van der Waals surface area contributed by atoms with Gasteiger partial charge in [0.1, 0.15) is 0 Å². The SMILES string of the molecule is CN=C(N)N1CCCC(C(F)(F)F)C1. The van der Waals surface area contributed by atoms with Gasteiger partial charge in [0.2, 0.25) is 0 Å². The van der Waals surface area contributed by atoms with Crippen LogP contribution in [-0.4, -0.2) is 37.2 Å². The zero-order chi connectivity index (χ0) is 10.8. The molecule has 1 unspecified atom stereocenters. The number of alkyl halides is 3. The van der Waals surface area contributed by atoms with Crippen LogP contribution >= 0.6 is 0 Å². The monoisotopic (exact) mass is 209 g/mol. The van der Waals surface area contributed by atoms with E-state index in [1.54, 1.807) is 0 Å². The van der Waals surface area contributed by atoms with E-state index in [4.69, 9.17) is 5.73 Å². The summed E-state index contributed by atoms with van der Waals surface area (Å²) in [5.41, 5.74) is 5.46. The molecule has 3 nitrogen and oxygen atoms in total. The number of nitrogens with two attached hydrogens (primary N) is 1. The minimum Gasteiger partial charge on any atom is -0.370 e. The third-order valence-electron chi connectivity index (χ3n) is 2.44. The molecule has 82 valence electrons. The highest BCUT2D eigenvalue weighted by atomic mass is 19.4. The average molecular weight is 209 g/mol. The van der Waals surface area contributed by atoms with Crippen LogP contribution in [0.3, 0.4) is 0 Å². The molecule has 1 fully saturated rings. The van der Waals surface area contributed by atoms with E-state index < -0.39 is 12.1 Å². The first-order valence-electron chi connectivity index (χ1n) is 4.49. The molecule has 2 N–H and O–H groups in total. The number of rotatable bonds is 0. The molecule has 0 amide bonds. The quantitative estimate of drug-likeness (QED) is 0.481. The average Bonchev–Trinajstić information content (AvgIpc) is 2.15. The maximum Gasteiger partial charge on any atom is 0.393 e. The molecule has 1 atom stereocenters. The molecule has 0 bridgehead atoms. The van der Waals surface area contributed by atoms with Gasteiger partial charge in [0.25, 0.3) is 0 Å². The van der Waals surface area contributed by atoms with Gasteiger partial charge in [-0.05, 0) is 12.8 Å². The largest absolute Gasteiger partial charge is 0.393 e. The summed E-state index contributed by atoms with van der Waals surface area (Å²) in [6, 6.07) is 0. The number of halogens is 3. The van der Waals surface area contributed by atoms with Crippen LogP contribution in [0.5, 0.6) is 0 Å². The molecular formula is C8H14F3N3. The summed E-state index contributed by atoms with van der Waals surface area (Å²) < 4.78 is 37.1. The fraction of sp³-hybridized carbons (Fsp3) is 0.875. The number of hydrogen-bond acceptors (Lipinski definition) is 1. The number of nitrogens with zero attached hydrogens (tertiary/aromatic N) is 2. The van der Waals surface area contributed by atoms with Crippen molar-refractivity contribution in [3.63, 3.8) is 0 Å². The third-order valence-corrected chi connectivity index (χ3v) is 2.44. The lowest BCUT2D eigenvalue weighted by molar-refractivity contribution is -0.183. The molecular weight excluding hydrogens is 195 g/mol. The Kier molecular flexibility index (Phi) is 3.23. The zero-order valence-electron chi connectivity index (χ0n) is 8.01. The minimum absolute atomic E-state index is 0.0628. The Hall–Kier alpha value is -0.940. The Morgan fingerprint density at radius 2 is 2.14 bits per heavy atom. The lowest BCUT2D eigenvalue weighted by Crippen LogP contribution is -2.47. The summed E-state index contributed by atoms with van der Waals surface area (Å²) in [7, 11) is 1.48. The van der Waals surface area contributed by atoms with Gasteiger partial charge in [0, 0.05) is 20.1 Å². The second-order valence-corrected chi connectivity index (χ2v) is 3.41. The van der Waals surface area contributed by atoms with Crippen LogP contribution in [0, 0.1) is 5.92 Å². The number of hydrogen-bond donors (Lipinski definition) is 1. The molecule has 0 aromatic carbocycles. The van der Waals surface area contributed by atoms with E-state index in [0.717, 1.165) is 0 Å². The number of aliphatic imine (C=N–C) groups is 1. The van der Waals surface area contributed by atoms with Crippen LogP contribution in [0.2, 0.25) is 0 Å². The van der Waals surface area contributed by atoms with Crippen LogP contribution in [0.25, 0.3) is 0 Å². The molecule has 0 aromatic rings. The maximum absolute atomic E-state index is 12.4. The van der Waals surface area contributed by atoms with Crippen molar-refractivity contribution in [3.05, 3.63) is 0 Å². The van der Waals surface area contributed by atoms with E-state index in [2.05, 4.69) is 4.99 Å². The summed E-state index contributed by atoms with van der Waals surface area (Å²) in [4.78, 5) is 5.17. The second-order valence-electron chi connectivity index (χ2n) is 3.41. The van der Waals surface area contributed by atoms with Crippen molar-refractivity contribution >= 4 is 5.96 Å². The predicted molar refractivity (Wildman–Crippen MR) is 47.9 cm³/mol. The van der Waals surface area contributed by atoms with Crippen molar-refractivity contribution in [3.8, 4) is 0 Å². The minimum atomic E-state index is -4.12. The first kappa shape index (κ1) is 11.1. The zero-order valence-corrected chi connectivity index (χ0v) is 8.01. The summed E-state index contributed by atoms with van der Waals surface area (Å²) in [5.74, 6) is -1.07. The van der Waals surface area contributed by atoms with Gasteiger partial charge < -0.3 is 10.6 Å². The van der Waals surface area contributed by atoms with Crippen LogP contribution in [0.1, 0.15) is 12.8 Å². The number of likely N-dealkylation sites (tertiary alicyclic amines) is 1. The molecule has 0 spiro atoms. The fourth-order valence-corrected chi connectivity index (χ4v) is 1.59. The van der Waals surface area contributed by atoms with Gasteiger partial charge in [-0.25, -0.2) is 0 Å². The Bertz CT molecular complexity index is 224. The summed E-state index contributed by atoms with van der Waals surface area (Å²) in [6.07, 6.45) is -3.41. The summed E-state index contributed by atoms with van der Waals surface area (Å²) in [6.45, 7) is 0.502. The first-order valence-corrected chi connectivity index (χ1v) is 4.49. The highest BCUT2D eigenvalue weighted by Crippen LogP contribution is 2.32. The van der Waals surface area contributed by atoms with E-state index in [0.29, 0.717) is 13.0 Å². The van der Waals surface area contributed by atoms with E-state index in [-0.39, 0.29) is 18.9 Å². The van der Waals surface area contributed by atoms with Crippen LogP contribution in [-0.2, 0) is 0 Å². The Morgan fingerprint density at radius 1 is 1.50 bits per heavy atom. The third kappa shape index (κ3) is 2.52. The van der Waals surface area contributed by atoms with Gasteiger partial charge in [-0.2, -0.15) is 13.2 Å². The van der Waals surface area contributed by atoms with Crippen molar-refractivity contribution in [1.29, 1.82) is 0 Å². The Morgan fingerprint density at radius 3 is 2.64 bits per heavy atom. The highest BCUT2D eigenvalue weighted by molar-refractivity contribution is 5.77. The van der Waals surface area contributed by atoms with Gasteiger partial charge in [-0.1, -0.05) is 0 Å². The summed E-state index contributed by atoms with van der Waals surface area (Å²) in [5, 5.41) is 0. The molecule has 0 saturated carbocycles. The van der Waals surface area contributed by atoms with E-state index in [1.807, 2.05) is 0 Å². The molecule has 1 saturated heterocycles. The molecule has 1 aliphatic rings. The van der Waals surface area contributed by atoms with E-state index >= 15 is 0 Å². The lowest BCUT2D eigenvalue weighted by atomic mass is 9.98. The van der Waals surface area contributed by atoms with Crippen molar-refractivity contribution in [2.75, 3.05) is 20.1 Å². The Balaban J connectivity index is 2.61. The molecule has 0 aromatic heterocycles. The van der Waals surface area contributed by atoms with Gasteiger partial charge in [-0.15, -0.1) is 0 Å². The van der Waals surface area contributed by atoms with E-state index in [9.17, 15) is 13.2 Å². The van der Waals surface area contributed by atoms with Gasteiger partial charge in [0.05, 0.1) is 5.92 Å². The molecule has 0 radical (unpaired) electrons. The van der Waals surface area contributed by atoms with Crippen LogP contribution in [0.15, 0.2) is 4.99 Å². The molecule has 1 aliphatic heterocycles. The van der Waals surface area contributed by atoms with Crippen molar-refractivity contribution < 1.29 is 13.2 Å². The number of guanidine groups is 1. The second kappa shape index (κ2) is 4.06. The summed E-state index contributed by atoms with van der Waals surface area (Å²) >= 11 is 0. The molecule has 1 rings (SSSR count). The smallest absolute Gasteiger partial charge is 0.370 e. The molecule has 1 heterocycles. The van der Waals surface area contributed by atoms with Gasteiger partial charge >= 0.3 is 6.18 Å². The standard InChI is InChI=1S/C8H14F3N3/c1-13-7(12)14-4-2-3-6(5-14)8(9,10)11/h6H,2-5H2,1H3,(H2,12,13). The van der Waals surface area contributed by atoms with Crippen LogP contribution < -0.4 is 5.73 Å². The van der Waals surface area contributed by atoms with Crippen molar-refractivity contribution in [2.45, 2.75) is 19.0 Å². The molecule has 6 heteroatoms. The Labute approximate surface area is 80.8 Å². The molecule has 0 aliphatic carbocycles. The van der Waals surface area contributed by atoms with Gasteiger partial charge in [-0.3, -0.25) is 4.99 Å².